The number of carbonyl (C=O) groups excluding carboxylic acids is 1. The zero-order valence-electron chi connectivity index (χ0n) is 8.86. The number of amides is 1. The molecule has 0 fully saturated rings. The first-order valence-electron chi connectivity index (χ1n) is 4.87. The molecule has 4 heteroatoms. The summed E-state index contributed by atoms with van der Waals surface area (Å²) in [5, 5.41) is 11.4. The molecule has 0 saturated heterocycles. The van der Waals surface area contributed by atoms with Gasteiger partial charge in [0.15, 0.2) is 5.76 Å². The maximum absolute atomic E-state index is 11.5. The van der Waals surface area contributed by atoms with Crippen LogP contribution in [0.4, 0.5) is 0 Å². The Morgan fingerprint density at radius 1 is 1.67 bits per heavy atom. The van der Waals surface area contributed by atoms with Crippen LogP contribution in [0, 0.1) is 17.2 Å². The maximum Gasteiger partial charge on any atom is 0.288 e. The molecule has 1 aromatic rings. The minimum atomic E-state index is -0.456. The highest BCUT2D eigenvalue weighted by atomic mass is 16.3. The summed E-state index contributed by atoms with van der Waals surface area (Å²) < 4.78 is 4.92. The highest BCUT2D eigenvalue weighted by Crippen LogP contribution is 2.06. The standard InChI is InChI=1S/C11H14N2O2/c1-8(2)6-9(7-12)13-11(14)10-4-3-5-15-10/h3-5,8-9H,6H2,1-2H3,(H,13,14). The highest BCUT2D eigenvalue weighted by molar-refractivity contribution is 5.91. The van der Waals surface area contributed by atoms with Gasteiger partial charge in [0.05, 0.1) is 12.3 Å². The fourth-order valence-electron chi connectivity index (χ4n) is 1.25. The fourth-order valence-corrected chi connectivity index (χ4v) is 1.25. The van der Waals surface area contributed by atoms with Crippen LogP contribution >= 0.6 is 0 Å². The third kappa shape index (κ3) is 3.47. The molecule has 0 aliphatic heterocycles. The topological polar surface area (TPSA) is 66.0 Å². The van der Waals surface area contributed by atoms with Gasteiger partial charge in [0, 0.05) is 0 Å². The van der Waals surface area contributed by atoms with Gasteiger partial charge in [-0.3, -0.25) is 4.79 Å². The van der Waals surface area contributed by atoms with Crippen molar-refractivity contribution in [2.75, 3.05) is 0 Å². The molecule has 4 nitrogen and oxygen atoms in total. The SMILES string of the molecule is CC(C)CC(C#N)NC(=O)c1ccco1. The lowest BCUT2D eigenvalue weighted by Crippen LogP contribution is -2.34. The summed E-state index contributed by atoms with van der Waals surface area (Å²) >= 11 is 0. The van der Waals surface area contributed by atoms with Crippen LogP contribution in [0.3, 0.4) is 0 Å². The van der Waals surface area contributed by atoms with E-state index in [1.54, 1.807) is 12.1 Å². The van der Waals surface area contributed by atoms with Gasteiger partial charge in [-0.1, -0.05) is 13.8 Å². The Bertz CT molecular complexity index is 349. The van der Waals surface area contributed by atoms with Gasteiger partial charge >= 0.3 is 0 Å². The predicted molar refractivity (Wildman–Crippen MR) is 55.0 cm³/mol. The molecular weight excluding hydrogens is 192 g/mol. The Morgan fingerprint density at radius 3 is 2.87 bits per heavy atom. The summed E-state index contributed by atoms with van der Waals surface area (Å²) in [5.41, 5.74) is 0. The number of furan rings is 1. The van der Waals surface area contributed by atoms with E-state index in [0.29, 0.717) is 12.3 Å². The van der Waals surface area contributed by atoms with E-state index in [4.69, 9.17) is 9.68 Å². The lowest BCUT2D eigenvalue weighted by Gasteiger charge is -2.12. The van der Waals surface area contributed by atoms with Crippen LogP contribution in [0.1, 0.15) is 30.8 Å². The van der Waals surface area contributed by atoms with Crippen molar-refractivity contribution in [3.05, 3.63) is 24.2 Å². The van der Waals surface area contributed by atoms with Crippen molar-refractivity contribution in [3.63, 3.8) is 0 Å². The summed E-state index contributed by atoms with van der Waals surface area (Å²) in [6.07, 6.45) is 2.07. The number of hydrogen-bond donors (Lipinski definition) is 1. The number of carbonyl (C=O) groups is 1. The minimum Gasteiger partial charge on any atom is -0.459 e. The molecule has 0 radical (unpaired) electrons. The first-order chi connectivity index (χ1) is 7.13. The highest BCUT2D eigenvalue weighted by Gasteiger charge is 2.15. The smallest absolute Gasteiger partial charge is 0.288 e. The van der Waals surface area contributed by atoms with E-state index >= 15 is 0 Å². The summed E-state index contributed by atoms with van der Waals surface area (Å²) in [7, 11) is 0. The van der Waals surface area contributed by atoms with Gasteiger partial charge in [-0.25, -0.2) is 0 Å². The van der Waals surface area contributed by atoms with Crippen molar-refractivity contribution in [3.8, 4) is 6.07 Å². The molecule has 1 N–H and O–H groups in total. The number of nitrogens with zero attached hydrogens (tertiary/aromatic N) is 1. The molecule has 0 aliphatic carbocycles. The minimum absolute atomic E-state index is 0.235. The van der Waals surface area contributed by atoms with Crippen molar-refractivity contribution in [1.82, 2.24) is 5.32 Å². The summed E-state index contributed by atoms with van der Waals surface area (Å²) in [6, 6.07) is 4.80. The van der Waals surface area contributed by atoms with Crippen molar-refractivity contribution in [2.45, 2.75) is 26.3 Å². The van der Waals surface area contributed by atoms with Gasteiger partial charge in [0.25, 0.3) is 5.91 Å². The maximum atomic E-state index is 11.5. The molecule has 1 aromatic heterocycles. The predicted octanol–water partition coefficient (Wildman–Crippen LogP) is 1.95. The van der Waals surface area contributed by atoms with Crippen molar-refractivity contribution in [1.29, 1.82) is 5.26 Å². The second kappa shape index (κ2) is 5.20. The van der Waals surface area contributed by atoms with E-state index in [1.807, 2.05) is 13.8 Å². The second-order valence-corrected chi connectivity index (χ2v) is 3.76. The third-order valence-electron chi connectivity index (χ3n) is 1.91. The Morgan fingerprint density at radius 2 is 2.40 bits per heavy atom. The molecule has 1 heterocycles. The zero-order chi connectivity index (χ0) is 11.3. The molecular formula is C11H14N2O2. The van der Waals surface area contributed by atoms with Gasteiger partial charge in [0.1, 0.15) is 6.04 Å². The molecule has 1 rings (SSSR count). The van der Waals surface area contributed by atoms with Crippen LogP contribution in [0.25, 0.3) is 0 Å². The van der Waals surface area contributed by atoms with E-state index in [-0.39, 0.29) is 11.7 Å². The summed E-state index contributed by atoms with van der Waals surface area (Å²) in [6.45, 7) is 4.01. The van der Waals surface area contributed by atoms with E-state index in [2.05, 4.69) is 11.4 Å². The molecule has 0 saturated carbocycles. The zero-order valence-corrected chi connectivity index (χ0v) is 8.86. The molecule has 0 spiro atoms. The van der Waals surface area contributed by atoms with Gasteiger partial charge in [-0.05, 0) is 24.5 Å². The van der Waals surface area contributed by atoms with Gasteiger partial charge in [-0.15, -0.1) is 0 Å². The fraction of sp³-hybridized carbons (Fsp3) is 0.455. The van der Waals surface area contributed by atoms with Crippen molar-refractivity contribution >= 4 is 5.91 Å². The van der Waals surface area contributed by atoms with Crippen LogP contribution in [0.5, 0.6) is 0 Å². The Balaban J connectivity index is 2.53. The lowest BCUT2D eigenvalue weighted by atomic mass is 10.0. The van der Waals surface area contributed by atoms with Crippen LogP contribution in [0.2, 0.25) is 0 Å². The number of nitrogens with one attached hydrogen (secondary N) is 1. The van der Waals surface area contributed by atoms with E-state index in [1.165, 1.54) is 6.26 Å². The Hall–Kier alpha value is -1.76. The second-order valence-electron chi connectivity index (χ2n) is 3.76. The molecule has 0 bridgehead atoms. The molecule has 1 atom stereocenters. The van der Waals surface area contributed by atoms with E-state index in [9.17, 15) is 4.79 Å². The summed E-state index contributed by atoms with van der Waals surface area (Å²) in [5.74, 6) is 0.262. The average Bonchev–Trinajstić information content (AvgIpc) is 2.68. The van der Waals surface area contributed by atoms with Crippen LogP contribution in [-0.4, -0.2) is 11.9 Å². The largest absolute Gasteiger partial charge is 0.459 e. The van der Waals surface area contributed by atoms with Crippen LogP contribution in [0.15, 0.2) is 22.8 Å². The first-order valence-corrected chi connectivity index (χ1v) is 4.87. The molecule has 15 heavy (non-hydrogen) atoms. The monoisotopic (exact) mass is 206 g/mol. The molecule has 0 aliphatic rings. The first kappa shape index (κ1) is 11.3. The van der Waals surface area contributed by atoms with Gasteiger partial charge in [0.2, 0.25) is 0 Å². The Labute approximate surface area is 88.9 Å². The van der Waals surface area contributed by atoms with E-state index in [0.717, 1.165) is 0 Å². The normalized spacial score (nSPS) is 12.1. The van der Waals surface area contributed by atoms with Crippen LogP contribution < -0.4 is 5.32 Å². The lowest BCUT2D eigenvalue weighted by molar-refractivity contribution is 0.0914. The molecule has 1 amide bonds. The van der Waals surface area contributed by atoms with Crippen molar-refractivity contribution < 1.29 is 9.21 Å². The average molecular weight is 206 g/mol. The molecule has 80 valence electrons. The summed E-state index contributed by atoms with van der Waals surface area (Å²) in [4.78, 5) is 11.5. The number of rotatable bonds is 4. The third-order valence-corrected chi connectivity index (χ3v) is 1.91. The molecule has 0 aromatic carbocycles. The quantitative estimate of drug-likeness (QED) is 0.818. The van der Waals surface area contributed by atoms with Gasteiger partial charge < -0.3 is 9.73 Å². The molecule has 1 unspecified atom stereocenters. The number of hydrogen-bond acceptors (Lipinski definition) is 3. The Kier molecular flexibility index (Phi) is 3.92. The van der Waals surface area contributed by atoms with Crippen LogP contribution in [-0.2, 0) is 0 Å². The van der Waals surface area contributed by atoms with Gasteiger partial charge in [-0.2, -0.15) is 5.26 Å². The number of nitriles is 1. The van der Waals surface area contributed by atoms with E-state index < -0.39 is 6.04 Å². The van der Waals surface area contributed by atoms with Crippen molar-refractivity contribution in [2.24, 2.45) is 5.92 Å².